The maximum absolute atomic E-state index is 14.7. The molecule has 0 bridgehead atoms. The summed E-state index contributed by atoms with van der Waals surface area (Å²) in [4.78, 5) is 12.6. The first-order valence-corrected chi connectivity index (χ1v) is 9.11. The molecule has 0 saturated carbocycles. The van der Waals surface area contributed by atoms with E-state index in [0.717, 1.165) is 11.1 Å². The average Bonchev–Trinajstić information content (AvgIpc) is 3.17. The summed E-state index contributed by atoms with van der Waals surface area (Å²) in [5.74, 6) is -0.428. The van der Waals surface area contributed by atoms with Gasteiger partial charge in [-0.05, 0) is 12.1 Å². The quantitative estimate of drug-likeness (QED) is 0.497. The smallest absolute Gasteiger partial charge is 0.265 e. The summed E-state index contributed by atoms with van der Waals surface area (Å²) < 4.78 is 16.1. The first-order valence-electron chi connectivity index (χ1n) is 9.11. The van der Waals surface area contributed by atoms with Crippen LogP contribution < -0.4 is 5.56 Å². The summed E-state index contributed by atoms with van der Waals surface area (Å²) in [7, 11) is 0. The summed E-state index contributed by atoms with van der Waals surface area (Å²) in [6.45, 7) is 0. The van der Waals surface area contributed by atoms with Gasteiger partial charge in [-0.3, -0.25) is 4.79 Å². The lowest BCUT2D eigenvalue weighted by atomic mass is 10.0. The van der Waals surface area contributed by atoms with E-state index in [2.05, 4.69) is 15.3 Å². The third kappa shape index (κ3) is 2.82. The predicted molar refractivity (Wildman–Crippen MR) is 110 cm³/mol. The normalized spacial score (nSPS) is 11.1. The number of para-hydroxylation sites is 1. The number of nitrogens with zero attached hydrogens (tertiary/aromatic N) is 3. The summed E-state index contributed by atoms with van der Waals surface area (Å²) in [5.41, 5.74) is 2.89. The van der Waals surface area contributed by atoms with Gasteiger partial charge in [-0.25, -0.2) is 14.2 Å². The Morgan fingerprint density at radius 1 is 0.793 bits per heavy atom. The van der Waals surface area contributed by atoms with Gasteiger partial charge in [0.2, 0.25) is 0 Å². The van der Waals surface area contributed by atoms with Crippen molar-refractivity contribution >= 4 is 10.9 Å². The van der Waals surface area contributed by atoms with Gasteiger partial charge in [0.05, 0.1) is 11.1 Å². The second kappa shape index (κ2) is 6.83. The number of fused-ring (bicyclic) bond motifs is 1. The Labute approximate surface area is 165 Å². The Bertz CT molecular complexity index is 1370. The van der Waals surface area contributed by atoms with Crippen LogP contribution in [0.15, 0.2) is 89.7 Å². The van der Waals surface area contributed by atoms with Gasteiger partial charge in [0.25, 0.3) is 5.56 Å². The Morgan fingerprint density at radius 3 is 2.10 bits per heavy atom. The monoisotopic (exact) mass is 382 g/mol. The third-order valence-corrected chi connectivity index (χ3v) is 4.78. The molecule has 2 heterocycles. The Hall–Kier alpha value is -4.06. The predicted octanol–water partition coefficient (Wildman–Crippen LogP) is 4.58. The second-order valence-electron chi connectivity index (χ2n) is 6.57. The number of nitrogens with one attached hydrogen (secondary N) is 1. The highest BCUT2D eigenvalue weighted by molar-refractivity contribution is 6.02. The summed E-state index contributed by atoms with van der Waals surface area (Å²) in [5, 5.41) is 11.9. The Balaban J connectivity index is 1.96. The number of hydrogen-bond acceptors (Lipinski definition) is 3. The summed E-state index contributed by atoms with van der Waals surface area (Å²) in [6, 6.07) is 25.4. The van der Waals surface area contributed by atoms with Crippen LogP contribution in [0, 0.1) is 5.82 Å². The van der Waals surface area contributed by atoms with Crippen molar-refractivity contribution in [3.63, 3.8) is 0 Å². The summed E-state index contributed by atoms with van der Waals surface area (Å²) >= 11 is 0. The van der Waals surface area contributed by atoms with Crippen LogP contribution in [0.4, 0.5) is 4.39 Å². The van der Waals surface area contributed by atoms with Crippen LogP contribution in [0.2, 0.25) is 0 Å². The number of rotatable bonds is 3. The Kier molecular flexibility index (Phi) is 4.02. The second-order valence-corrected chi connectivity index (χ2v) is 6.57. The molecule has 0 aliphatic rings. The van der Waals surface area contributed by atoms with E-state index in [1.807, 2.05) is 60.7 Å². The van der Waals surface area contributed by atoms with Crippen molar-refractivity contribution in [3.8, 4) is 28.2 Å². The van der Waals surface area contributed by atoms with Crippen molar-refractivity contribution in [1.82, 2.24) is 20.0 Å². The molecule has 29 heavy (non-hydrogen) atoms. The van der Waals surface area contributed by atoms with Crippen molar-refractivity contribution in [3.05, 3.63) is 101 Å². The highest BCUT2D eigenvalue weighted by Crippen LogP contribution is 2.35. The van der Waals surface area contributed by atoms with E-state index in [-0.39, 0.29) is 11.2 Å². The molecule has 0 aliphatic heterocycles. The number of benzene rings is 3. The highest BCUT2D eigenvalue weighted by atomic mass is 19.1. The van der Waals surface area contributed by atoms with Crippen LogP contribution in [0.1, 0.15) is 0 Å². The molecular formula is C23H15FN4O. The molecule has 5 rings (SSSR count). The van der Waals surface area contributed by atoms with Gasteiger partial charge in [0, 0.05) is 11.1 Å². The fourth-order valence-electron chi connectivity index (χ4n) is 3.48. The van der Waals surface area contributed by atoms with E-state index in [4.69, 9.17) is 0 Å². The first kappa shape index (κ1) is 17.1. The SMILES string of the molecule is O=c1[nH]nc(-c2ccccc2)c2c(-c3ccccc3)n(-c3ccccc3F)nc12. The van der Waals surface area contributed by atoms with Crippen LogP contribution in [0.25, 0.3) is 39.1 Å². The van der Waals surface area contributed by atoms with E-state index in [1.54, 1.807) is 18.2 Å². The first-order chi connectivity index (χ1) is 14.2. The molecule has 2 aromatic heterocycles. The fraction of sp³-hybridized carbons (Fsp3) is 0. The molecule has 0 amide bonds. The van der Waals surface area contributed by atoms with Crippen molar-refractivity contribution in [2.45, 2.75) is 0 Å². The molecule has 5 nitrogen and oxygen atoms in total. The molecule has 0 atom stereocenters. The molecule has 0 unspecified atom stereocenters. The van der Waals surface area contributed by atoms with E-state index in [1.165, 1.54) is 10.7 Å². The molecule has 0 spiro atoms. The van der Waals surface area contributed by atoms with E-state index < -0.39 is 11.4 Å². The number of hydrogen-bond donors (Lipinski definition) is 1. The lowest BCUT2D eigenvalue weighted by Gasteiger charge is -2.10. The molecule has 0 saturated heterocycles. The minimum absolute atomic E-state index is 0.209. The van der Waals surface area contributed by atoms with Gasteiger partial charge in [0.1, 0.15) is 17.2 Å². The van der Waals surface area contributed by atoms with Crippen LogP contribution >= 0.6 is 0 Å². The van der Waals surface area contributed by atoms with Gasteiger partial charge in [-0.2, -0.15) is 10.2 Å². The number of aromatic amines is 1. The average molecular weight is 382 g/mol. The number of halogens is 1. The molecule has 5 aromatic rings. The van der Waals surface area contributed by atoms with Crippen LogP contribution in [0.3, 0.4) is 0 Å². The van der Waals surface area contributed by atoms with Crippen LogP contribution in [-0.2, 0) is 0 Å². The van der Waals surface area contributed by atoms with Crippen molar-refractivity contribution < 1.29 is 4.39 Å². The number of H-pyrrole nitrogens is 1. The summed E-state index contributed by atoms with van der Waals surface area (Å²) in [6.07, 6.45) is 0. The van der Waals surface area contributed by atoms with Gasteiger partial charge < -0.3 is 0 Å². The van der Waals surface area contributed by atoms with E-state index in [0.29, 0.717) is 16.8 Å². The topological polar surface area (TPSA) is 63.6 Å². The fourth-order valence-corrected chi connectivity index (χ4v) is 3.48. The zero-order valence-corrected chi connectivity index (χ0v) is 15.2. The van der Waals surface area contributed by atoms with Gasteiger partial charge >= 0.3 is 0 Å². The standard InChI is InChI=1S/C23H15FN4O/c24-17-13-7-8-14-18(17)28-22(16-11-5-2-6-12-16)19-20(15-9-3-1-4-10-15)25-26-23(29)21(19)27-28/h1-14H,(H,26,29). The van der Waals surface area contributed by atoms with Gasteiger partial charge in [0.15, 0.2) is 5.52 Å². The minimum atomic E-state index is -0.428. The van der Waals surface area contributed by atoms with Crippen molar-refractivity contribution in [2.75, 3.05) is 0 Å². The van der Waals surface area contributed by atoms with E-state index >= 15 is 0 Å². The molecule has 0 radical (unpaired) electrons. The molecule has 6 heteroatoms. The van der Waals surface area contributed by atoms with Crippen molar-refractivity contribution in [2.24, 2.45) is 0 Å². The minimum Gasteiger partial charge on any atom is -0.265 e. The van der Waals surface area contributed by atoms with Crippen molar-refractivity contribution in [1.29, 1.82) is 0 Å². The van der Waals surface area contributed by atoms with Gasteiger partial charge in [-0.15, -0.1) is 0 Å². The Morgan fingerprint density at radius 2 is 1.41 bits per heavy atom. The zero-order chi connectivity index (χ0) is 19.8. The zero-order valence-electron chi connectivity index (χ0n) is 15.2. The van der Waals surface area contributed by atoms with E-state index in [9.17, 15) is 9.18 Å². The molecule has 140 valence electrons. The largest absolute Gasteiger partial charge is 0.292 e. The number of aromatic nitrogens is 4. The molecule has 3 aromatic carbocycles. The highest BCUT2D eigenvalue weighted by Gasteiger charge is 2.22. The molecule has 0 fully saturated rings. The maximum atomic E-state index is 14.7. The maximum Gasteiger partial charge on any atom is 0.292 e. The lowest BCUT2D eigenvalue weighted by Crippen LogP contribution is -2.09. The lowest BCUT2D eigenvalue weighted by molar-refractivity contribution is 0.612. The van der Waals surface area contributed by atoms with Crippen LogP contribution in [0.5, 0.6) is 0 Å². The third-order valence-electron chi connectivity index (χ3n) is 4.78. The molecule has 1 N–H and O–H groups in total. The van der Waals surface area contributed by atoms with Crippen LogP contribution in [-0.4, -0.2) is 20.0 Å². The van der Waals surface area contributed by atoms with Gasteiger partial charge in [-0.1, -0.05) is 72.8 Å². The molecular weight excluding hydrogens is 367 g/mol. The molecule has 0 aliphatic carbocycles.